The summed E-state index contributed by atoms with van der Waals surface area (Å²) in [6.07, 6.45) is 4.32. The van der Waals surface area contributed by atoms with E-state index < -0.39 is 0 Å². The topological polar surface area (TPSA) is 76.2 Å². The first kappa shape index (κ1) is 17.8. The van der Waals surface area contributed by atoms with Crippen LogP contribution in [0.25, 0.3) is 10.9 Å². The largest absolute Gasteiger partial charge is 0.381 e. The fourth-order valence-electron chi connectivity index (χ4n) is 3.48. The fraction of sp³-hybridized carbons (Fsp3) is 0.579. The van der Waals surface area contributed by atoms with Crippen molar-refractivity contribution in [2.45, 2.75) is 42.7 Å². The van der Waals surface area contributed by atoms with E-state index >= 15 is 0 Å². The van der Waals surface area contributed by atoms with Crippen molar-refractivity contribution in [1.82, 2.24) is 9.97 Å². The van der Waals surface area contributed by atoms with Gasteiger partial charge in [-0.2, -0.15) is 11.8 Å². The average molecular weight is 375 g/mol. The molecule has 1 aromatic carbocycles. The van der Waals surface area contributed by atoms with Crippen LogP contribution in [0.5, 0.6) is 0 Å². The number of aromatic nitrogens is 2. The third-order valence-electron chi connectivity index (χ3n) is 4.91. The number of nitrogens with one attached hydrogen (secondary N) is 2. The van der Waals surface area contributed by atoms with Crippen LogP contribution in [0.15, 0.2) is 23.0 Å². The highest BCUT2D eigenvalue weighted by atomic mass is 32.2. The van der Waals surface area contributed by atoms with Crippen LogP contribution in [0.3, 0.4) is 0 Å². The van der Waals surface area contributed by atoms with Gasteiger partial charge in [-0.25, -0.2) is 4.98 Å². The van der Waals surface area contributed by atoms with Crippen molar-refractivity contribution in [3.8, 4) is 0 Å². The zero-order valence-electron chi connectivity index (χ0n) is 14.8. The highest BCUT2D eigenvalue weighted by molar-refractivity contribution is 7.99. The van der Waals surface area contributed by atoms with Crippen molar-refractivity contribution in [3.05, 3.63) is 34.4 Å². The number of H-pyrrole nitrogens is 1. The molecule has 1 atom stereocenters. The van der Waals surface area contributed by atoms with E-state index in [1.165, 1.54) is 0 Å². The van der Waals surface area contributed by atoms with Gasteiger partial charge in [-0.05, 0) is 43.9 Å². The third-order valence-corrected chi connectivity index (χ3v) is 6.29. The van der Waals surface area contributed by atoms with Gasteiger partial charge in [-0.15, -0.1) is 0 Å². The van der Waals surface area contributed by atoms with E-state index in [0.29, 0.717) is 16.7 Å². The minimum atomic E-state index is -0.0647. The van der Waals surface area contributed by atoms with Crippen LogP contribution in [0.4, 0.5) is 5.69 Å². The molecule has 1 aromatic heterocycles. The number of nitrogens with zero attached hydrogens (tertiary/aromatic N) is 1. The molecule has 2 aromatic rings. The zero-order valence-corrected chi connectivity index (χ0v) is 15.6. The van der Waals surface area contributed by atoms with Crippen molar-refractivity contribution in [2.75, 3.05) is 31.7 Å². The summed E-state index contributed by atoms with van der Waals surface area (Å²) in [5.74, 6) is 1.47. The molecule has 2 aliphatic rings. The van der Waals surface area contributed by atoms with Crippen LogP contribution < -0.4 is 10.9 Å². The summed E-state index contributed by atoms with van der Waals surface area (Å²) in [4.78, 5) is 20.0. The predicted molar refractivity (Wildman–Crippen MR) is 105 cm³/mol. The summed E-state index contributed by atoms with van der Waals surface area (Å²) in [7, 11) is 0. The van der Waals surface area contributed by atoms with Gasteiger partial charge >= 0.3 is 0 Å². The first-order valence-corrected chi connectivity index (χ1v) is 10.4. The Balaban J connectivity index is 1.48. The lowest BCUT2D eigenvalue weighted by Gasteiger charge is -2.24. The number of rotatable bonds is 5. The van der Waals surface area contributed by atoms with E-state index in [1.807, 2.05) is 30.0 Å². The van der Waals surface area contributed by atoms with Crippen LogP contribution in [-0.4, -0.2) is 47.7 Å². The molecular weight excluding hydrogens is 350 g/mol. The Bertz CT molecular complexity index is 798. The van der Waals surface area contributed by atoms with Gasteiger partial charge in [0.2, 0.25) is 0 Å². The maximum atomic E-state index is 12.4. The van der Waals surface area contributed by atoms with Crippen LogP contribution in [0.1, 0.15) is 31.5 Å². The Labute approximate surface area is 157 Å². The van der Waals surface area contributed by atoms with Crippen molar-refractivity contribution < 1.29 is 9.47 Å². The number of hydrogen-bond acceptors (Lipinski definition) is 6. The first-order chi connectivity index (χ1) is 12.8. The molecule has 140 valence electrons. The van der Waals surface area contributed by atoms with Crippen LogP contribution in [-0.2, 0) is 15.2 Å². The Morgan fingerprint density at radius 1 is 1.19 bits per heavy atom. The lowest BCUT2D eigenvalue weighted by atomic mass is 10.1. The minimum absolute atomic E-state index is 0.0647. The minimum Gasteiger partial charge on any atom is -0.381 e. The van der Waals surface area contributed by atoms with Gasteiger partial charge < -0.3 is 19.8 Å². The number of aromatic amines is 1. The average Bonchev–Trinajstić information content (AvgIpc) is 2.68. The highest BCUT2D eigenvalue weighted by Crippen LogP contribution is 2.25. The number of fused-ring (bicyclic) bond motifs is 1. The quantitative estimate of drug-likeness (QED) is 0.837. The van der Waals surface area contributed by atoms with Crippen molar-refractivity contribution in [2.24, 2.45) is 0 Å². The second kappa shape index (κ2) is 8.41. The van der Waals surface area contributed by atoms with Crippen molar-refractivity contribution in [1.29, 1.82) is 0 Å². The summed E-state index contributed by atoms with van der Waals surface area (Å²) >= 11 is 1.86. The second-order valence-corrected chi connectivity index (χ2v) is 8.21. The SMILES string of the molecule is O=c1[nH]c(CSC2CCOCC2)nc2cc(NC3CCCOC3)ccc12. The van der Waals surface area contributed by atoms with Gasteiger partial charge in [0.25, 0.3) is 5.56 Å². The first-order valence-electron chi connectivity index (χ1n) is 9.34. The molecule has 2 aliphatic heterocycles. The summed E-state index contributed by atoms with van der Waals surface area (Å²) in [5, 5.41) is 4.72. The molecule has 2 saturated heterocycles. The number of ether oxygens (including phenoxy) is 2. The molecule has 0 aliphatic carbocycles. The Hall–Kier alpha value is -1.57. The van der Waals surface area contributed by atoms with Crippen LogP contribution >= 0.6 is 11.8 Å². The maximum absolute atomic E-state index is 12.4. The van der Waals surface area contributed by atoms with Gasteiger partial charge in [0.1, 0.15) is 5.82 Å². The second-order valence-electron chi connectivity index (χ2n) is 6.93. The van der Waals surface area contributed by atoms with E-state index in [4.69, 9.17) is 14.5 Å². The standard InChI is InChI=1S/C19H25N3O3S/c23-19-16-4-3-13(20-14-2-1-7-25-11-14)10-17(16)21-18(22-19)12-26-15-5-8-24-9-6-15/h3-4,10,14-15,20H,1-2,5-9,11-12H2,(H,21,22,23). The molecule has 0 amide bonds. The molecule has 7 heteroatoms. The third kappa shape index (κ3) is 4.39. The summed E-state index contributed by atoms with van der Waals surface area (Å²) in [5.41, 5.74) is 1.68. The van der Waals surface area contributed by atoms with E-state index in [0.717, 1.165) is 74.9 Å². The van der Waals surface area contributed by atoms with E-state index in [2.05, 4.69) is 10.3 Å². The summed E-state index contributed by atoms with van der Waals surface area (Å²) < 4.78 is 10.9. The Kier molecular flexibility index (Phi) is 5.77. The molecule has 2 fully saturated rings. The van der Waals surface area contributed by atoms with E-state index in [-0.39, 0.29) is 5.56 Å². The number of anilines is 1. The fourth-order valence-corrected chi connectivity index (χ4v) is 4.53. The molecular formula is C19H25N3O3S. The molecule has 3 heterocycles. The lowest BCUT2D eigenvalue weighted by molar-refractivity contribution is 0.0876. The molecule has 2 N–H and O–H groups in total. The maximum Gasteiger partial charge on any atom is 0.258 e. The van der Waals surface area contributed by atoms with Gasteiger partial charge in [0.15, 0.2) is 0 Å². The molecule has 0 saturated carbocycles. The van der Waals surface area contributed by atoms with Crippen LogP contribution in [0.2, 0.25) is 0 Å². The van der Waals surface area contributed by atoms with Gasteiger partial charge in [-0.1, -0.05) is 0 Å². The molecule has 6 nitrogen and oxygen atoms in total. The number of thioether (sulfide) groups is 1. The monoisotopic (exact) mass is 375 g/mol. The Morgan fingerprint density at radius 3 is 2.88 bits per heavy atom. The molecule has 26 heavy (non-hydrogen) atoms. The highest BCUT2D eigenvalue weighted by Gasteiger charge is 2.16. The summed E-state index contributed by atoms with van der Waals surface area (Å²) in [6, 6.07) is 6.10. The predicted octanol–water partition coefficient (Wildman–Crippen LogP) is 2.93. The number of benzene rings is 1. The van der Waals surface area contributed by atoms with Gasteiger partial charge in [0, 0.05) is 36.8 Å². The van der Waals surface area contributed by atoms with Crippen LogP contribution in [0, 0.1) is 0 Å². The zero-order chi connectivity index (χ0) is 17.8. The number of hydrogen-bond donors (Lipinski definition) is 2. The van der Waals surface area contributed by atoms with Crippen molar-refractivity contribution >= 4 is 28.4 Å². The molecule has 0 radical (unpaired) electrons. The van der Waals surface area contributed by atoms with E-state index in [9.17, 15) is 4.79 Å². The summed E-state index contributed by atoms with van der Waals surface area (Å²) in [6.45, 7) is 3.24. The molecule has 4 rings (SSSR count). The van der Waals surface area contributed by atoms with Crippen molar-refractivity contribution in [3.63, 3.8) is 0 Å². The Morgan fingerprint density at radius 2 is 2.08 bits per heavy atom. The lowest BCUT2D eigenvalue weighted by Crippen LogP contribution is -2.29. The van der Waals surface area contributed by atoms with Gasteiger partial charge in [-0.3, -0.25) is 4.79 Å². The van der Waals surface area contributed by atoms with Gasteiger partial charge in [0.05, 0.1) is 23.3 Å². The molecule has 0 spiro atoms. The normalized spacial score (nSPS) is 21.8. The molecule has 0 bridgehead atoms. The van der Waals surface area contributed by atoms with E-state index in [1.54, 1.807) is 0 Å². The smallest absolute Gasteiger partial charge is 0.258 e. The molecule has 1 unspecified atom stereocenters.